The van der Waals surface area contributed by atoms with Gasteiger partial charge in [-0.05, 0) is 61.4 Å². The number of carbonyl (C=O) groups excluding carboxylic acids is 1. The summed E-state index contributed by atoms with van der Waals surface area (Å²) in [5, 5.41) is 0. The van der Waals surface area contributed by atoms with Crippen LogP contribution in [0.25, 0.3) is 6.08 Å². The zero-order valence-electron chi connectivity index (χ0n) is 16.0. The van der Waals surface area contributed by atoms with Crippen molar-refractivity contribution >= 4 is 43.9 Å². The summed E-state index contributed by atoms with van der Waals surface area (Å²) in [7, 11) is 0. The molecular weight excluding hydrogens is 488 g/mol. The zero-order chi connectivity index (χ0) is 20.4. The number of ether oxygens (including phenoxy) is 3. The number of hydrogen-bond donors (Lipinski definition) is 0. The highest BCUT2D eigenvalue weighted by atomic mass is 79.9. The molecule has 28 heavy (non-hydrogen) atoms. The molecule has 150 valence electrons. The number of hydrogen-bond acceptors (Lipinski definition) is 4. The van der Waals surface area contributed by atoms with Crippen LogP contribution in [0.4, 0.5) is 0 Å². The van der Waals surface area contributed by atoms with Crippen molar-refractivity contribution in [3.63, 3.8) is 0 Å². The third-order valence-electron chi connectivity index (χ3n) is 3.80. The molecule has 4 nitrogen and oxygen atoms in total. The van der Waals surface area contributed by atoms with Crippen molar-refractivity contribution in [3.05, 3.63) is 68.6 Å². The Bertz CT molecular complexity index is 767. The summed E-state index contributed by atoms with van der Waals surface area (Å²) in [6, 6.07) is 13.7. The predicted octanol–water partition coefficient (Wildman–Crippen LogP) is 5.81. The molecule has 0 aliphatic heterocycles. The van der Waals surface area contributed by atoms with Gasteiger partial charge in [0, 0.05) is 22.0 Å². The molecule has 0 amide bonds. The molecule has 0 saturated carbocycles. The second kappa shape index (κ2) is 12.0. The largest absolute Gasteiger partial charge is 0.490 e. The van der Waals surface area contributed by atoms with E-state index in [2.05, 4.69) is 31.9 Å². The minimum atomic E-state index is -0.579. The van der Waals surface area contributed by atoms with E-state index in [-0.39, 0.29) is 5.97 Å². The van der Waals surface area contributed by atoms with Crippen LogP contribution >= 0.6 is 31.9 Å². The lowest BCUT2D eigenvalue weighted by Crippen LogP contribution is -2.28. The fraction of sp³-hybridized carbons (Fsp3) is 0.318. The Kier molecular flexibility index (Phi) is 9.75. The summed E-state index contributed by atoms with van der Waals surface area (Å²) in [5.74, 6) is 0.446. The van der Waals surface area contributed by atoms with Crippen molar-refractivity contribution in [2.45, 2.75) is 26.4 Å². The number of benzene rings is 2. The first-order chi connectivity index (χ1) is 13.5. The van der Waals surface area contributed by atoms with E-state index in [0.717, 1.165) is 25.8 Å². The van der Waals surface area contributed by atoms with E-state index in [1.807, 2.05) is 61.5 Å². The van der Waals surface area contributed by atoms with Gasteiger partial charge in [-0.15, -0.1) is 0 Å². The first-order valence-corrected chi connectivity index (χ1v) is 10.7. The Morgan fingerprint density at radius 3 is 2.32 bits per heavy atom. The molecule has 2 rings (SSSR count). The SMILES string of the molecule is CCOC(=O)C(Cc1ccc(OC/C=C/c2cc(Br)cc(Br)c2)cc1)OCC. The summed E-state index contributed by atoms with van der Waals surface area (Å²) in [4.78, 5) is 12.0. The molecule has 0 heterocycles. The van der Waals surface area contributed by atoms with Crippen LogP contribution in [0, 0.1) is 0 Å². The van der Waals surface area contributed by atoms with Crippen molar-refractivity contribution < 1.29 is 19.0 Å². The molecule has 1 atom stereocenters. The Labute approximate surface area is 183 Å². The summed E-state index contributed by atoms with van der Waals surface area (Å²) < 4.78 is 18.4. The number of halogens is 2. The molecule has 1 unspecified atom stereocenters. The van der Waals surface area contributed by atoms with Crippen LogP contribution in [0.2, 0.25) is 0 Å². The van der Waals surface area contributed by atoms with Crippen LogP contribution in [0.3, 0.4) is 0 Å². The molecule has 6 heteroatoms. The first kappa shape index (κ1) is 22.7. The summed E-state index contributed by atoms with van der Waals surface area (Å²) in [6.45, 7) is 4.93. The number of esters is 1. The molecule has 0 aliphatic rings. The second-order valence-corrected chi connectivity index (χ2v) is 7.79. The number of carbonyl (C=O) groups is 1. The van der Waals surface area contributed by atoms with E-state index in [9.17, 15) is 4.79 Å². The van der Waals surface area contributed by atoms with E-state index >= 15 is 0 Å². The molecule has 0 N–H and O–H groups in total. The molecular formula is C22H24Br2O4. The van der Waals surface area contributed by atoms with Crippen molar-refractivity contribution in [3.8, 4) is 5.75 Å². The maximum atomic E-state index is 12.0. The van der Waals surface area contributed by atoms with Crippen LogP contribution in [0.15, 0.2) is 57.5 Å². The highest BCUT2D eigenvalue weighted by molar-refractivity contribution is 9.11. The van der Waals surface area contributed by atoms with E-state index < -0.39 is 6.10 Å². The third-order valence-corrected chi connectivity index (χ3v) is 4.72. The van der Waals surface area contributed by atoms with Gasteiger partial charge in [-0.2, -0.15) is 0 Å². The van der Waals surface area contributed by atoms with Gasteiger partial charge in [0.2, 0.25) is 0 Å². The van der Waals surface area contributed by atoms with E-state index in [4.69, 9.17) is 14.2 Å². The van der Waals surface area contributed by atoms with Crippen LogP contribution in [-0.4, -0.2) is 31.9 Å². The zero-order valence-corrected chi connectivity index (χ0v) is 19.2. The van der Waals surface area contributed by atoms with Crippen LogP contribution in [0.1, 0.15) is 25.0 Å². The van der Waals surface area contributed by atoms with E-state index in [1.165, 1.54) is 0 Å². The average Bonchev–Trinajstić information content (AvgIpc) is 2.65. The van der Waals surface area contributed by atoms with Crippen molar-refractivity contribution in [1.82, 2.24) is 0 Å². The molecule has 0 fully saturated rings. The summed E-state index contributed by atoms with van der Waals surface area (Å²) in [6.07, 6.45) is 3.87. The molecule has 0 aliphatic carbocycles. The van der Waals surface area contributed by atoms with E-state index in [0.29, 0.717) is 26.2 Å². The lowest BCUT2D eigenvalue weighted by molar-refractivity contribution is -0.156. The normalized spacial score (nSPS) is 12.1. The molecule has 0 spiro atoms. The van der Waals surface area contributed by atoms with Gasteiger partial charge in [-0.25, -0.2) is 4.79 Å². The predicted molar refractivity (Wildman–Crippen MR) is 119 cm³/mol. The van der Waals surface area contributed by atoms with Crippen LogP contribution < -0.4 is 4.74 Å². The smallest absolute Gasteiger partial charge is 0.335 e. The van der Waals surface area contributed by atoms with Crippen molar-refractivity contribution in [1.29, 1.82) is 0 Å². The monoisotopic (exact) mass is 510 g/mol. The minimum absolute atomic E-state index is 0.325. The van der Waals surface area contributed by atoms with Gasteiger partial charge >= 0.3 is 5.97 Å². The summed E-state index contributed by atoms with van der Waals surface area (Å²) >= 11 is 6.95. The van der Waals surface area contributed by atoms with Crippen LogP contribution in [-0.2, 0) is 20.7 Å². The molecule has 0 saturated heterocycles. The Morgan fingerprint density at radius 2 is 1.71 bits per heavy atom. The lowest BCUT2D eigenvalue weighted by atomic mass is 10.1. The van der Waals surface area contributed by atoms with Gasteiger partial charge in [0.1, 0.15) is 12.4 Å². The highest BCUT2D eigenvalue weighted by Crippen LogP contribution is 2.21. The highest BCUT2D eigenvalue weighted by Gasteiger charge is 2.20. The molecule has 0 radical (unpaired) electrons. The minimum Gasteiger partial charge on any atom is -0.490 e. The standard InChI is InChI=1S/C22H24Br2O4/c1-3-26-21(22(25)27-4-2)14-16-7-9-20(10-8-16)28-11-5-6-17-12-18(23)15-19(24)13-17/h5-10,12-13,15,21H,3-4,11,14H2,1-2H3/b6-5+. The fourth-order valence-corrected chi connectivity index (χ4v) is 3.91. The van der Waals surface area contributed by atoms with Gasteiger partial charge in [0.25, 0.3) is 0 Å². The molecule has 2 aromatic carbocycles. The third kappa shape index (κ3) is 7.78. The second-order valence-electron chi connectivity index (χ2n) is 5.96. The maximum absolute atomic E-state index is 12.0. The molecule has 0 bridgehead atoms. The van der Waals surface area contributed by atoms with Gasteiger partial charge in [-0.3, -0.25) is 0 Å². The van der Waals surface area contributed by atoms with Crippen LogP contribution in [0.5, 0.6) is 5.75 Å². The van der Waals surface area contributed by atoms with E-state index in [1.54, 1.807) is 6.92 Å². The van der Waals surface area contributed by atoms with Gasteiger partial charge in [0.05, 0.1) is 6.61 Å². The maximum Gasteiger partial charge on any atom is 0.335 e. The Hall–Kier alpha value is -1.63. The van der Waals surface area contributed by atoms with Gasteiger partial charge in [-0.1, -0.05) is 50.1 Å². The first-order valence-electron chi connectivity index (χ1n) is 9.14. The fourth-order valence-electron chi connectivity index (χ4n) is 2.58. The average molecular weight is 512 g/mol. The molecule has 0 aromatic heterocycles. The lowest BCUT2D eigenvalue weighted by Gasteiger charge is -2.15. The Balaban J connectivity index is 1.87. The molecule has 2 aromatic rings. The van der Waals surface area contributed by atoms with Gasteiger partial charge in [0.15, 0.2) is 6.10 Å². The number of rotatable bonds is 10. The van der Waals surface area contributed by atoms with Crippen molar-refractivity contribution in [2.75, 3.05) is 19.8 Å². The quantitative estimate of drug-likeness (QED) is 0.377. The van der Waals surface area contributed by atoms with Crippen molar-refractivity contribution in [2.24, 2.45) is 0 Å². The summed E-state index contributed by atoms with van der Waals surface area (Å²) in [5.41, 5.74) is 2.08. The Morgan fingerprint density at radius 1 is 1.04 bits per heavy atom. The topological polar surface area (TPSA) is 44.8 Å². The van der Waals surface area contributed by atoms with Gasteiger partial charge < -0.3 is 14.2 Å².